The van der Waals surface area contributed by atoms with Gasteiger partial charge in [-0.1, -0.05) is 49.7 Å². The van der Waals surface area contributed by atoms with Gasteiger partial charge in [0, 0.05) is 20.1 Å². The summed E-state index contributed by atoms with van der Waals surface area (Å²) in [7, 11) is 1.80. The number of hydrogen-bond acceptors (Lipinski definition) is 5. The van der Waals surface area contributed by atoms with Gasteiger partial charge in [-0.2, -0.15) is 4.98 Å². The number of amides is 1. The number of anilines is 2. The molecule has 0 radical (unpaired) electrons. The van der Waals surface area contributed by atoms with Gasteiger partial charge in [0.15, 0.2) is 0 Å². The van der Waals surface area contributed by atoms with E-state index in [4.69, 9.17) is 5.73 Å². The van der Waals surface area contributed by atoms with E-state index in [2.05, 4.69) is 22.2 Å². The van der Waals surface area contributed by atoms with Crippen molar-refractivity contribution >= 4 is 28.6 Å². The van der Waals surface area contributed by atoms with E-state index in [0.29, 0.717) is 28.8 Å². The van der Waals surface area contributed by atoms with Crippen molar-refractivity contribution < 1.29 is 4.79 Å². The molecular formula is C21H25N5O. The highest BCUT2D eigenvalue weighted by Crippen LogP contribution is 2.26. The zero-order chi connectivity index (χ0) is 19.2. The lowest BCUT2D eigenvalue weighted by Gasteiger charge is -2.19. The lowest BCUT2D eigenvalue weighted by atomic mass is 10.1. The number of nitrogens with one attached hydrogen (secondary N) is 1. The van der Waals surface area contributed by atoms with Gasteiger partial charge in [0.2, 0.25) is 5.95 Å². The van der Waals surface area contributed by atoms with Crippen molar-refractivity contribution in [2.75, 3.05) is 24.6 Å². The number of unbranched alkanes of at least 4 members (excludes halogenated alkanes) is 1. The topological polar surface area (TPSA) is 84.1 Å². The number of aromatic nitrogens is 2. The molecule has 3 rings (SSSR count). The molecule has 3 N–H and O–H groups in total. The van der Waals surface area contributed by atoms with E-state index in [-0.39, 0.29) is 11.9 Å². The Labute approximate surface area is 159 Å². The van der Waals surface area contributed by atoms with Gasteiger partial charge in [-0.25, -0.2) is 4.98 Å². The predicted octanol–water partition coefficient (Wildman–Crippen LogP) is 3.70. The van der Waals surface area contributed by atoms with Gasteiger partial charge in [-0.15, -0.1) is 0 Å². The van der Waals surface area contributed by atoms with Gasteiger partial charge in [0.05, 0.1) is 16.5 Å². The molecule has 0 saturated heterocycles. The number of carbonyl (C=O) groups excluding carboxylic acids is 1. The first-order chi connectivity index (χ1) is 13.1. The maximum absolute atomic E-state index is 13.1. The maximum atomic E-state index is 13.1. The van der Waals surface area contributed by atoms with E-state index < -0.39 is 0 Å². The highest BCUT2D eigenvalue weighted by Gasteiger charge is 2.19. The monoisotopic (exact) mass is 363 g/mol. The first-order valence-corrected chi connectivity index (χ1v) is 9.19. The van der Waals surface area contributed by atoms with Gasteiger partial charge in [0.25, 0.3) is 5.91 Å². The summed E-state index contributed by atoms with van der Waals surface area (Å²) in [4.78, 5) is 23.5. The third-order valence-corrected chi connectivity index (χ3v) is 4.40. The average molecular weight is 363 g/mol. The first kappa shape index (κ1) is 18.6. The third-order valence-electron chi connectivity index (χ3n) is 4.40. The molecule has 0 saturated carbocycles. The fourth-order valence-corrected chi connectivity index (χ4v) is 3.03. The second-order valence-electron chi connectivity index (χ2n) is 6.56. The van der Waals surface area contributed by atoms with Crippen molar-refractivity contribution in [3.8, 4) is 0 Å². The number of nitrogen functional groups attached to an aromatic ring is 1. The standard InChI is InChI=1S/C21H25N5O/c1-3-4-13-23-19-18-16(11-8-12-17(18)24-21(22)25-19)20(27)26(2)14-15-9-6-5-7-10-15/h5-12H,3-4,13-14H2,1-2H3,(H3,22,23,24,25). The van der Waals surface area contributed by atoms with Gasteiger partial charge in [-0.3, -0.25) is 4.79 Å². The first-order valence-electron chi connectivity index (χ1n) is 9.19. The Balaban J connectivity index is 1.96. The SMILES string of the molecule is CCCCNc1nc(N)nc2cccc(C(=O)N(C)Cc3ccccc3)c12. The van der Waals surface area contributed by atoms with Crippen LogP contribution in [0.2, 0.25) is 0 Å². The molecular weight excluding hydrogens is 338 g/mol. The van der Waals surface area contributed by atoms with Gasteiger partial charge in [-0.05, 0) is 24.1 Å². The zero-order valence-electron chi connectivity index (χ0n) is 15.8. The molecule has 6 nitrogen and oxygen atoms in total. The number of nitrogens with two attached hydrogens (primary N) is 1. The molecule has 0 unspecified atom stereocenters. The molecule has 0 atom stereocenters. The molecule has 27 heavy (non-hydrogen) atoms. The number of hydrogen-bond donors (Lipinski definition) is 2. The lowest BCUT2D eigenvalue weighted by molar-refractivity contribution is 0.0787. The van der Waals surface area contributed by atoms with Crippen molar-refractivity contribution in [1.82, 2.24) is 14.9 Å². The second-order valence-corrected chi connectivity index (χ2v) is 6.56. The van der Waals surface area contributed by atoms with Crippen molar-refractivity contribution in [2.24, 2.45) is 0 Å². The maximum Gasteiger partial charge on any atom is 0.254 e. The van der Waals surface area contributed by atoms with E-state index in [1.807, 2.05) is 48.5 Å². The molecule has 0 aliphatic heterocycles. The Morgan fingerprint density at radius 1 is 1.11 bits per heavy atom. The van der Waals surface area contributed by atoms with Crippen LogP contribution in [-0.2, 0) is 6.54 Å². The Morgan fingerprint density at radius 2 is 1.89 bits per heavy atom. The summed E-state index contributed by atoms with van der Waals surface area (Å²) < 4.78 is 0. The number of benzene rings is 2. The highest BCUT2D eigenvalue weighted by molar-refractivity contribution is 6.10. The normalized spacial score (nSPS) is 10.7. The zero-order valence-corrected chi connectivity index (χ0v) is 15.8. The number of carbonyl (C=O) groups is 1. The second kappa shape index (κ2) is 8.49. The molecule has 0 aliphatic carbocycles. The fourth-order valence-electron chi connectivity index (χ4n) is 3.03. The van der Waals surface area contributed by atoms with Crippen LogP contribution in [0, 0.1) is 0 Å². The summed E-state index contributed by atoms with van der Waals surface area (Å²) >= 11 is 0. The molecule has 3 aromatic rings. The van der Waals surface area contributed by atoms with Crippen LogP contribution in [0.5, 0.6) is 0 Å². The summed E-state index contributed by atoms with van der Waals surface area (Å²) in [5.74, 6) is 0.739. The van der Waals surface area contributed by atoms with Gasteiger partial charge in [0.1, 0.15) is 5.82 Å². The van der Waals surface area contributed by atoms with Crippen molar-refractivity contribution in [2.45, 2.75) is 26.3 Å². The molecule has 140 valence electrons. The molecule has 1 amide bonds. The summed E-state index contributed by atoms with van der Waals surface area (Å²) in [6.45, 7) is 3.43. The largest absolute Gasteiger partial charge is 0.369 e. The van der Waals surface area contributed by atoms with Gasteiger partial charge >= 0.3 is 0 Å². The molecule has 0 bridgehead atoms. The van der Waals surface area contributed by atoms with Crippen LogP contribution in [0.15, 0.2) is 48.5 Å². The van der Waals surface area contributed by atoms with Crippen molar-refractivity contribution in [1.29, 1.82) is 0 Å². The summed E-state index contributed by atoms with van der Waals surface area (Å²) in [5.41, 5.74) is 8.18. The Bertz CT molecular complexity index is 927. The lowest BCUT2D eigenvalue weighted by Crippen LogP contribution is -2.26. The molecule has 0 spiro atoms. The molecule has 1 aromatic heterocycles. The minimum Gasteiger partial charge on any atom is -0.369 e. The smallest absolute Gasteiger partial charge is 0.254 e. The number of nitrogens with zero attached hydrogens (tertiary/aromatic N) is 3. The van der Waals surface area contributed by atoms with Crippen LogP contribution in [-0.4, -0.2) is 34.4 Å². The molecule has 2 aromatic carbocycles. The average Bonchev–Trinajstić information content (AvgIpc) is 2.67. The minimum atomic E-state index is -0.0728. The highest BCUT2D eigenvalue weighted by atomic mass is 16.2. The predicted molar refractivity (Wildman–Crippen MR) is 110 cm³/mol. The molecule has 6 heteroatoms. The van der Waals surface area contributed by atoms with E-state index in [1.54, 1.807) is 11.9 Å². The van der Waals surface area contributed by atoms with Crippen LogP contribution < -0.4 is 11.1 Å². The summed E-state index contributed by atoms with van der Waals surface area (Å²) in [5, 5.41) is 4.03. The van der Waals surface area contributed by atoms with Crippen LogP contribution in [0.25, 0.3) is 10.9 Å². The molecule has 0 aliphatic rings. The van der Waals surface area contributed by atoms with E-state index in [1.165, 1.54) is 0 Å². The van der Waals surface area contributed by atoms with E-state index in [9.17, 15) is 4.79 Å². The molecule has 0 fully saturated rings. The van der Waals surface area contributed by atoms with E-state index >= 15 is 0 Å². The van der Waals surface area contributed by atoms with Crippen LogP contribution in [0.4, 0.5) is 11.8 Å². The Kier molecular flexibility index (Phi) is 5.86. The number of fused-ring (bicyclic) bond motifs is 1. The summed E-state index contributed by atoms with van der Waals surface area (Å²) in [6.07, 6.45) is 2.08. The number of rotatable bonds is 7. The third kappa shape index (κ3) is 4.34. The Morgan fingerprint density at radius 3 is 2.63 bits per heavy atom. The molecule has 1 heterocycles. The fraction of sp³-hybridized carbons (Fsp3) is 0.286. The van der Waals surface area contributed by atoms with Gasteiger partial charge < -0.3 is 16.0 Å². The minimum absolute atomic E-state index is 0.0728. The quantitative estimate of drug-likeness (QED) is 0.625. The summed E-state index contributed by atoms with van der Waals surface area (Å²) in [6, 6.07) is 15.4. The van der Waals surface area contributed by atoms with Crippen LogP contribution in [0.1, 0.15) is 35.7 Å². The van der Waals surface area contributed by atoms with E-state index in [0.717, 1.165) is 24.9 Å². The van der Waals surface area contributed by atoms with Crippen LogP contribution in [0.3, 0.4) is 0 Å². The van der Waals surface area contributed by atoms with Crippen molar-refractivity contribution in [3.05, 3.63) is 59.7 Å². The van der Waals surface area contributed by atoms with Crippen molar-refractivity contribution in [3.63, 3.8) is 0 Å². The Hall–Kier alpha value is -3.15. The van der Waals surface area contributed by atoms with Crippen LogP contribution >= 0.6 is 0 Å².